The number of carboxylic acid groups (broad SMARTS) is 1. The van der Waals surface area contributed by atoms with Crippen molar-refractivity contribution in [2.75, 3.05) is 6.61 Å². The molecule has 1 N–H and O–H groups in total. The molecule has 10 heteroatoms. The van der Waals surface area contributed by atoms with E-state index in [0.29, 0.717) is 0 Å². The van der Waals surface area contributed by atoms with E-state index in [1.54, 1.807) is 0 Å². The summed E-state index contributed by atoms with van der Waals surface area (Å²) in [6.07, 6.45) is -5.10. The quantitative estimate of drug-likeness (QED) is 0.320. The van der Waals surface area contributed by atoms with Crippen LogP contribution in [0.15, 0.2) is 0 Å². The fraction of sp³-hybridized carbons (Fsp3) is 0.583. The van der Waals surface area contributed by atoms with Crippen LogP contribution in [0, 0.1) is 0 Å². The minimum Gasteiger partial charge on any atom is -0.478 e. The van der Waals surface area contributed by atoms with Crippen LogP contribution in [-0.4, -0.2) is 60.4 Å². The zero-order chi connectivity index (χ0) is 17.3. The number of hydrogen-bond acceptors (Lipinski definition) is 9. The van der Waals surface area contributed by atoms with Gasteiger partial charge in [0.25, 0.3) is 6.47 Å². The molecule has 0 saturated heterocycles. The summed E-state index contributed by atoms with van der Waals surface area (Å²) >= 11 is 0. The van der Waals surface area contributed by atoms with Crippen molar-refractivity contribution < 1.29 is 48.0 Å². The molecule has 10 nitrogen and oxygen atoms in total. The highest BCUT2D eigenvalue weighted by Crippen LogP contribution is 2.14. The minimum atomic E-state index is -1.94. The van der Waals surface area contributed by atoms with Crippen molar-refractivity contribution in [3.8, 4) is 0 Å². The fourth-order valence-corrected chi connectivity index (χ4v) is 1.44. The van der Waals surface area contributed by atoms with Crippen LogP contribution >= 0.6 is 0 Å². The first-order valence-electron chi connectivity index (χ1n) is 5.98. The van der Waals surface area contributed by atoms with Gasteiger partial charge in [0.05, 0.1) is 0 Å². The molecule has 0 aromatic carbocycles. The van der Waals surface area contributed by atoms with Gasteiger partial charge in [-0.15, -0.1) is 0 Å². The zero-order valence-corrected chi connectivity index (χ0v) is 12.1. The predicted octanol–water partition coefficient (Wildman–Crippen LogP) is -0.961. The second kappa shape index (κ2) is 9.32. The molecule has 22 heavy (non-hydrogen) atoms. The Hall–Kier alpha value is -2.65. The summed E-state index contributed by atoms with van der Waals surface area (Å²) in [5.41, 5.74) is 0. The summed E-state index contributed by atoms with van der Waals surface area (Å²) in [5, 5.41) is 9.08. The number of carbonyl (C=O) groups excluding carboxylic acids is 4. The molecule has 0 aliphatic carbocycles. The van der Waals surface area contributed by atoms with Crippen LogP contribution in [-0.2, 0) is 42.9 Å². The Morgan fingerprint density at radius 1 is 1.00 bits per heavy atom. The molecule has 0 rings (SSSR count). The molecular weight excluding hydrogens is 304 g/mol. The number of rotatable bonds is 9. The Balaban J connectivity index is 5.41. The van der Waals surface area contributed by atoms with E-state index >= 15 is 0 Å². The average molecular weight is 320 g/mol. The van der Waals surface area contributed by atoms with Gasteiger partial charge in [0, 0.05) is 20.8 Å². The molecule has 0 radical (unpaired) electrons. The summed E-state index contributed by atoms with van der Waals surface area (Å²) in [6.45, 7) is 2.36. The van der Waals surface area contributed by atoms with Crippen LogP contribution in [0.25, 0.3) is 0 Å². The maximum absolute atomic E-state index is 11.2. The van der Waals surface area contributed by atoms with Gasteiger partial charge in [-0.25, -0.2) is 4.79 Å². The van der Waals surface area contributed by atoms with Crippen LogP contribution in [0.2, 0.25) is 0 Å². The Bertz CT molecular complexity index is 443. The lowest BCUT2D eigenvalue weighted by molar-refractivity contribution is -0.192. The second-order valence-electron chi connectivity index (χ2n) is 4.02. The second-order valence-corrected chi connectivity index (χ2v) is 4.02. The van der Waals surface area contributed by atoms with Gasteiger partial charge in [-0.2, -0.15) is 0 Å². The average Bonchev–Trinajstić information content (AvgIpc) is 2.37. The standard InChI is InChI=1S/C12H16O10/c1-6(14)19-4-9(20-5-13)10(21-7(2)15)11(12(17)18)22-8(3)16/h5,9-11H,4H2,1-3H3,(H,17,18)/t9-,10-,11+/m1/s1. The first-order valence-corrected chi connectivity index (χ1v) is 5.98. The first-order chi connectivity index (χ1) is 10.2. The van der Waals surface area contributed by atoms with Gasteiger partial charge in [0.2, 0.25) is 6.10 Å². The molecule has 0 heterocycles. The molecule has 124 valence electrons. The molecular formula is C12H16O10. The lowest BCUT2D eigenvalue weighted by Gasteiger charge is -2.28. The van der Waals surface area contributed by atoms with Gasteiger partial charge in [-0.1, -0.05) is 0 Å². The van der Waals surface area contributed by atoms with E-state index in [-0.39, 0.29) is 6.47 Å². The number of carbonyl (C=O) groups is 5. The van der Waals surface area contributed by atoms with Crippen molar-refractivity contribution in [3.63, 3.8) is 0 Å². The van der Waals surface area contributed by atoms with Crippen LogP contribution in [0.3, 0.4) is 0 Å². The molecule has 0 aromatic heterocycles. The molecule has 0 aromatic rings. The first kappa shape index (κ1) is 19.4. The number of aliphatic carboxylic acids is 1. The highest BCUT2D eigenvalue weighted by atomic mass is 16.6. The number of esters is 3. The van der Waals surface area contributed by atoms with Gasteiger partial charge in [0.15, 0.2) is 12.2 Å². The molecule has 0 aliphatic heterocycles. The van der Waals surface area contributed by atoms with Gasteiger partial charge >= 0.3 is 23.9 Å². The van der Waals surface area contributed by atoms with Crippen molar-refractivity contribution >= 4 is 30.3 Å². The van der Waals surface area contributed by atoms with Crippen molar-refractivity contribution in [2.45, 2.75) is 39.1 Å². The molecule has 0 bridgehead atoms. The minimum absolute atomic E-state index is 0.0443. The van der Waals surface area contributed by atoms with Crippen molar-refractivity contribution in [3.05, 3.63) is 0 Å². The van der Waals surface area contributed by atoms with Crippen molar-refractivity contribution in [2.24, 2.45) is 0 Å². The Morgan fingerprint density at radius 3 is 1.91 bits per heavy atom. The summed E-state index contributed by atoms with van der Waals surface area (Å²) in [5.74, 6) is -4.24. The zero-order valence-electron chi connectivity index (χ0n) is 12.1. The van der Waals surface area contributed by atoms with E-state index in [1.807, 2.05) is 0 Å². The third-order valence-electron chi connectivity index (χ3n) is 2.18. The largest absolute Gasteiger partial charge is 0.478 e. The highest BCUT2D eigenvalue weighted by molar-refractivity contribution is 5.78. The molecule has 0 saturated carbocycles. The highest BCUT2D eigenvalue weighted by Gasteiger charge is 2.41. The van der Waals surface area contributed by atoms with E-state index < -0.39 is 48.8 Å². The third-order valence-corrected chi connectivity index (χ3v) is 2.18. The normalized spacial score (nSPS) is 14.0. The van der Waals surface area contributed by atoms with E-state index in [2.05, 4.69) is 14.2 Å². The summed E-state index contributed by atoms with van der Waals surface area (Å²) in [4.78, 5) is 54.6. The Morgan fingerprint density at radius 2 is 1.55 bits per heavy atom. The third kappa shape index (κ3) is 7.22. The Labute approximate surface area is 125 Å². The van der Waals surface area contributed by atoms with E-state index in [9.17, 15) is 24.0 Å². The molecule has 0 fully saturated rings. The summed E-state index contributed by atoms with van der Waals surface area (Å²) < 4.78 is 18.5. The maximum Gasteiger partial charge on any atom is 0.349 e. The molecule has 0 aliphatic rings. The number of ether oxygens (including phenoxy) is 4. The summed E-state index contributed by atoms with van der Waals surface area (Å²) in [6, 6.07) is 0. The smallest absolute Gasteiger partial charge is 0.349 e. The van der Waals surface area contributed by atoms with E-state index in [4.69, 9.17) is 9.84 Å². The molecule has 0 amide bonds. The predicted molar refractivity (Wildman–Crippen MR) is 66.3 cm³/mol. The molecule has 0 unspecified atom stereocenters. The van der Waals surface area contributed by atoms with Crippen LogP contribution < -0.4 is 0 Å². The number of carboxylic acids is 1. The van der Waals surface area contributed by atoms with E-state index in [1.165, 1.54) is 0 Å². The topological polar surface area (TPSA) is 142 Å². The fourth-order valence-electron chi connectivity index (χ4n) is 1.44. The monoisotopic (exact) mass is 320 g/mol. The number of hydrogen-bond donors (Lipinski definition) is 1. The maximum atomic E-state index is 11.2. The SMILES string of the molecule is CC(=O)OC[C@@H](OC=O)[C@@H](OC(C)=O)[C@H](OC(C)=O)C(=O)O. The lowest BCUT2D eigenvalue weighted by Crippen LogP contribution is -2.50. The van der Waals surface area contributed by atoms with Gasteiger partial charge in [-0.05, 0) is 0 Å². The molecule has 0 spiro atoms. The molecule has 3 atom stereocenters. The van der Waals surface area contributed by atoms with Crippen LogP contribution in [0.1, 0.15) is 20.8 Å². The summed E-state index contributed by atoms with van der Waals surface area (Å²) in [7, 11) is 0. The lowest BCUT2D eigenvalue weighted by atomic mass is 10.1. The van der Waals surface area contributed by atoms with E-state index in [0.717, 1.165) is 20.8 Å². The van der Waals surface area contributed by atoms with Crippen LogP contribution in [0.5, 0.6) is 0 Å². The van der Waals surface area contributed by atoms with Gasteiger partial charge in [-0.3, -0.25) is 19.2 Å². The Kier molecular flexibility index (Phi) is 8.19. The van der Waals surface area contributed by atoms with Gasteiger partial charge in [0.1, 0.15) is 6.61 Å². The van der Waals surface area contributed by atoms with Crippen LogP contribution in [0.4, 0.5) is 0 Å². The van der Waals surface area contributed by atoms with Crippen molar-refractivity contribution in [1.29, 1.82) is 0 Å². The van der Waals surface area contributed by atoms with Gasteiger partial charge < -0.3 is 24.1 Å². The van der Waals surface area contributed by atoms with Crippen molar-refractivity contribution in [1.82, 2.24) is 0 Å².